The highest BCUT2D eigenvalue weighted by atomic mass is 28.3. The summed E-state index contributed by atoms with van der Waals surface area (Å²) in [6.45, 7) is 11.6. The molecule has 6 heteroatoms. The topological polar surface area (TPSA) is 61.2 Å². The van der Waals surface area contributed by atoms with Crippen LogP contribution in [0.3, 0.4) is 0 Å². The lowest BCUT2D eigenvalue weighted by Crippen LogP contribution is -2.26. The first-order valence-electron chi connectivity index (χ1n) is 7.74. The van der Waals surface area contributed by atoms with Crippen LogP contribution in [0.2, 0.25) is 19.6 Å². The summed E-state index contributed by atoms with van der Waals surface area (Å²) >= 11 is 0. The highest BCUT2D eigenvalue weighted by Crippen LogP contribution is 2.22. The van der Waals surface area contributed by atoms with E-state index in [0.29, 0.717) is 16.5 Å². The highest BCUT2D eigenvalue weighted by molar-refractivity contribution is 6.84. The fraction of sp³-hybridized carbons (Fsp3) is 0.389. The molecule has 0 N–H and O–H groups in total. The highest BCUT2D eigenvalue weighted by Gasteiger charge is 2.22. The van der Waals surface area contributed by atoms with Gasteiger partial charge < -0.3 is 4.74 Å². The third-order valence-corrected chi connectivity index (χ3v) is 3.87. The molecule has 2 heterocycles. The van der Waals surface area contributed by atoms with Crippen LogP contribution < -0.4 is 0 Å². The van der Waals surface area contributed by atoms with Gasteiger partial charge in [-0.1, -0.05) is 19.6 Å². The number of fused-ring (bicyclic) bond motifs is 1. The molecular formula is C18H22N2O3Si. The van der Waals surface area contributed by atoms with E-state index < -0.39 is 19.8 Å². The second-order valence-corrected chi connectivity index (χ2v) is 12.4. The van der Waals surface area contributed by atoms with Gasteiger partial charge in [0.05, 0.1) is 17.3 Å². The molecule has 24 heavy (non-hydrogen) atoms. The molecule has 0 saturated heterocycles. The van der Waals surface area contributed by atoms with E-state index in [-0.39, 0.29) is 5.78 Å². The van der Waals surface area contributed by atoms with Gasteiger partial charge in [-0.05, 0) is 32.8 Å². The lowest BCUT2D eigenvalue weighted by molar-refractivity contribution is 0.0544. The molecule has 5 nitrogen and oxygen atoms in total. The van der Waals surface area contributed by atoms with Gasteiger partial charge in [-0.2, -0.15) is 0 Å². The van der Waals surface area contributed by atoms with Crippen LogP contribution in [-0.4, -0.2) is 35.1 Å². The Kier molecular flexibility index (Phi) is 4.67. The van der Waals surface area contributed by atoms with Crippen molar-refractivity contribution in [2.75, 3.05) is 0 Å². The molecule has 0 saturated carbocycles. The minimum atomic E-state index is -1.66. The SMILES string of the molecule is CC(C)(C)OC(=O)n1cc(C(=O)C#C[Si](C)(C)C)c2ccncc21. The van der Waals surface area contributed by atoms with E-state index in [0.717, 1.165) is 0 Å². The number of ketones is 1. The number of hydrogen-bond donors (Lipinski definition) is 0. The number of Topliss-reactive ketones (excluding diaryl/α,β-unsaturated/α-hetero) is 1. The summed E-state index contributed by atoms with van der Waals surface area (Å²) in [4.78, 5) is 28.9. The maximum Gasteiger partial charge on any atom is 0.419 e. The molecule has 2 aromatic rings. The summed E-state index contributed by atoms with van der Waals surface area (Å²) in [6, 6.07) is 1.71. The molecule has 2 aromatic heterocycles. The molecule has 0 fully saturated rings. The number of rotatable bonds is 1. The van der Waals surface area contributed by atoms with Gasteiger partial charge in [-0.25, -0.2) is 4.79 Å². The summed E-state index contributed by atoms with van der Waals surface area (Å²) in [5.41, 5.74) is 3.36. The number of nitrogens with zero attached hydrogens (tertiary/aromatic N) is 2. The van der Waals surface area contributed by atoms with Crippen molar-refractivity contribution in [1.82, 2.24) is 9.55 Å². The van der Waals surface area contributed by atoms with E-state index in [4.69, 9.17) is 4.74 Å². The van der Waals surface area contributed by atoms with E-state index >= 15 is 0 Å². The average molecular weight is 342 g/mol. The summed E-state index contributed by atoms with van der Waals surface area (Å²) in [5, 5.41) is 0.644. The molecule has 0 amide bonds. The molecule has 0 unspecified atom stereocenters. The zero-order valence-corrected chi connectivity index (χ0v) is 15.9. The number of pyridine rings is 1. The fourth-order valence-corrected chi connectivity index (χ4v) is 2.52. The number of aromatic nitrogens is 2. The Morgan fingerprint density at radius 2 is 1.92 bits per heavy atom. The first kappa shape index (κ1) is 18.0. The lowest BCUT2D eigenvalue weighted by Gasteiger charge is -2.19. The average Bonchev–Trinajstić information content (AvgIpc) is 2.82. The zero-order valence-electron chi connectivity index (χ0n) is 14.9. The van der Waals surface area contributed by atoms with Crippen LogP contribution in [0, 0.1) is 11.5 Å². The Bertz CT molecular complexity index is 858. The molecule has 0 aliphatic heterocycles. The third-order valence-electron chi connectivity index (χ3n) is 2.99. The van der Waals surface area contributed by atoms with Crippen LogP contribution in [-0.2, 0) is 4.74 Å². The normalized spacial score (nSPS) is 11.8. The van der Waals surface area contributed by atoms with Crippen molar-refractivity contribution in [3.8, 4) is 11.5 Å². The first-order valence-corrected chi connectivity index (χ1v) is 11.2. The minimum Gasteiger partial charge on any atom is -0.443 e. The van der Waals surface area contributed by atoms with Gasteiger partial charge in [0.25, 0.3) is 0 Å². The molecule has 0 bridgehead atoms. The van der Waals surface area contributed by atoms with Crippen LogP contribution >= 0.6 is 0 Å². The summed E-state index contributed by atoms with van der Waals surface area (Å²) in [7, 11) is -1.66. The number of ether oxygens (including phenoxy) is 1. The van der Waals surface area contributed by atoms with Gasteiger partial charge in [-0.15, -0.1) is 5.54 Å². The van der Waals surface area contributed by atoms with Crippen molar-refractivity contribution in [2.24, 2.45) is 0 Å². The first-order chi connectivity index (χ1) is 11.0. The maximum atomic E-state index is 12.5. The van der Waals surface area contributed by atoms with Crippen molar-refractivity contribution < 1.29 is 14.3 Å². The van der Waals surface area contributed by atoms with Crippen molar-refractivity contribution in [3.05, 3.63) is 30.2 Å². The second-order valence-electron chi connectivity index (χ2n) is 7.62. The summed E-state index contributed by atoms with van der Waals surface area (Å²) in [6.07, 6.45) is 4.08. The van der Waals surface area contributed by atoms with E-state index in [1.807, 2.05) is 0 Å². The van der Waals surface area contributed by atoms with Gasteiger partial charge in [0, 0.05) is 17.8 Å². The Morgan fingerprint density at radius 1 is 1.25 bits per heavy atom. The van der Waals surface area contributed by atoms with E-state index in [2.05, 4.69) is 36.1 Å². The van der Waals surface area contributed by atoms with Crippen molar-refractivity contribution in [2.45, 2.75) is 46.0 Å². The largest absolute Gasteiger partial charge is 0.443 e. The van der Waals surface area contributed by atoms with Crippen LogP contribution in [0.5, 0.6) is 0 Å². The second kappa shape index (κ2) is 6.25. The molecule has 0 spiro atoms. The van der Waals surface area contributed by atoms with Gasteiger partial charge in [0.2, 0.25) is 5.78 Å². The Labute approximate surface area is 143 Å². The monoisotopic (exact) mass is 342 g/mol. The van der Waals surface area contributed by atoms with Crippen molar-refractivity contribution >= 4 is 30.9 Å². The van der Waals surface area contributed by atoms with Gasteiger partial charge in [0.15, 0.2) is 0 Å². The molecule has 0 aromatic carbocycles. The van der Waals surface area contributed by atoms with Gasteiger partial charge in [0.1, 0.15) is 13.7 Å². The predicted molar refractivity (Wildman–Crippen MR) is 96.8 cm³/mol. The van der Waals surface area contributed by atoms with Crippen molar-refractivity contribution in [1.29, 1.82) is 0 Å². The number of carbonyl (C=O) groups excluding carboxylic acids is 2. The Balaban J connectivity index is 2.51. The maximum absolute atomic E-state index is 12.5. The third kappa shape index (κ3) is 4.33. The van der Waals surface area contributed by atoms with Crippen LogP contribution in [0.25, 0.3) is 10.9 Å². The standard InChI is InChI=1S/C18H22N2O3Si/c1-18(2,3)23-17(22)20-12-14(13-7-9-19-11-15(13)20)16(21)8-10-24(4,5)6/h7,9,11-12H,1-6H3. The molecular weight excluding hydrogens is 320 g/mol. The molecule has 0 radical (unpaired) electrons. The fourth-order valence-electron chi connectivity index (χ4n) is 2.03. The van der Waals surface area contributed by atoms with Gasteiger partial charge >= 0.3 is 6.09 Å². The molecule has 0 aliphatic rings. The molecule has 2 rings (SSSR count). The zero-order chi connectivity index (χ0) is 18.1. The molecule has 0 atom stereocenters. The van der Waals surface area contributed by atoms with Crippen LogP contribution in [0.15, 0.2) is 24.7 Å². The lowest BCUT2D eigenvalue weighted by atomic mass is 10.1. The summed E-state index contributed by atoms with van der Waals surface area (Å²) in [5.74, 6) is 2.42. The quantitative estimate of drug-likeness (QED) is 0.448. The van der Waals surface area contributed by atoms with E-state index in [9.17, 15) is 9.59 Å². The van der Waals surface area contributed by atoms with E-state index in [1.165, 1.54) is 10.8 Å². The van der Waals surface area contributed by atoms with Crippen molar-refractivity contribution in [3.63, 3.8) is 0 Å². The molecule has 126 valence electrons. The number of hydrogen-bond acceptors (Lipinski definition) is 4. The van der Waals surface area contributed by atoms with Gasteiger partial charge in [-0.3, -0.25) is 14.3 Å². The Morgan fingerprint density at radius 3 is 2.50 bits per heavy atom. The van der Waals surface area contributed by atoms with Crippen LogP contribution in [0.4, 0.5) is 4.79 Å². The number of carbonyl (C=O) groups is 2. The minimum absolute atomic E-state index is 0.295. The van der Waals surface area contributed by atoms with Crippen LogP contribution in [0.1, 0.15) is 31.1 Å². The smallest absolute Gasteiger partial charge is 0.419 e. The van der Waals surface area contributed by atoms with E-state index in [1.54, 1.807) is 39.2 Å². The Hall–Kier alpha value is -2.39. The molecule has 0 aliphatic carbocycles. The summed E-state index contributed by atoms with van der Waals surface area (Å²) < 4.78 is 6.71. The predicted octanol–water partition coefficient (Wildman–Crippen LogP) is 3.88.